The van der Waals surface area contributed by atoms with Crippen LogP contribution in [0.25, 0.3) is 0 Å². The lowest BCUT2D eigenvalue weighted by atomic mass is 9.87. The van der Waals surface area contributed by atoms with Gasteiger partial charge in [-0.25, -0.2) is 0 Å². The third-order valence-corrected chi connectivity index (χ3v) is 3.51. The number of fused-ring (bicyclic) bond motifs is 2. The van der Waals surface area contributed by atoms with Gasteiger partial charge in [0.15, 0.2) is 0 Å². The van der Waals surface area contributed by atoms with Gasteiger partial charge in [0.05, 0.1) is 0 Å². The summed E-state index contributed by atoms with van der Waals surface area (Å²) in [4.78, 5) is 0. The normalized spacial score (nSPS) is 17.0. The number of rotatable bonds is 0. The number of hydrogen-bond acceptors (Lipinski definition) is 1. The van der Waals surface area contributed by atoms with E-state index in [0.29, 0.717) is 5.92 Å². The standard InChI is InChI=1S/C16H16O/c1-10-8-11(2)16-14(9-10)12(3)13-6-4-5-7-15(13)17-16/h4-9,12H,1-3H3. The molecule has 1 heteroatoms. The molecule has 3 rings (SSSR count). The van der Waals surface area contributed by atoms with E-state index < -0.39 is 0 Å². The number of benzene rings is 2. The zero-order valence-electron chi connectivity index (χ0n) is 10.4. The van der Waals surface area contributed by atoms with Gasteiger partial charge in [-0.15, -0.1) is 0 Å². The molecular formula is C16H16O. The molecule has 0 aromatic heterocycles. The lowest BCUT2D eigenvalue weighted by molar-refractivity contribution is 0.446. The second-order valence-corrected chi connectivity index (χ2v) is 4.86. The van der Waals surface area contributed by atoms with E-state index in [1.165, 1.54) is 22.3 Å². The van der Waals surface area contributed by atoms with Gasteiger partial charge in [-0.2, -0.15) is 0 Å². The molecular weight excluding hydrogens is 208 g/mol. The first-order valence-corrected chi connectivity index (χ1v) is 6.04. The van der Waals surface area contributed by atoms with Crippen molar-refractivity contribution >= 4 is 0 Å². The number of para-hydroxylation sites is 1. The predicted molar refractivity (Wildman–Crippen MR) is 69.9 cm³/mol. The molecule has 0 saturated carbocycles. The van der Waals surface area contributed by atoms with Crippen LogP contribution in [0.3, 0.4) is 0 Å². The molecule has 2 aromatic carbocycles. The molecule has 1 unspecified atom stereocenters. The Labute approximate surface area is 102 Å². The molecule has 0 spiro atoms. The van der Waals surface area contributed by atoms with Gasteiger partial charge >= 0.3 is 0 Å². The molecule has 1 atom stereocenters. The van der Waals surface area contributed by atoms with Crippen LogP contribution in [-0.4, -0.2) is 0 Å². The second kappa shape index (κ2) is 3.63. The van der Waals surface area contributed by atoms with Crippen molar-refractivity contribution < 1.29 is 4.74 Å². The molecule has 17 heavy (non-hydrogen) atoms. The molecule has 0 radical (unpaired) electrons. The van der Waals surface area contributed by atoms with Crippen LogP contribution in [0.5, 0.6) is 11.5 Å². The summed E-state index contributed by atoms with van der Waals surface area (Å²) in [5.74, 6) is 2.45. The van der Waals surface area contributed by atoms with Gasteiger partial charge in [-0.1, -0.05) is 42.8 Å². The van der Waals surface area contributed by atoms with Gasteiger partial charge in [0, 0.05) is 17.0 Å². The van der Waals surface area contributed by atoms with Crippen LogP contribution in [0, 0.1) is 13.8 Å². The maximum absolute atomic E-state index is 6.03. The maximum atomic E-state index is 6.03. The van der Waals surface area contributed by atoms with Crippen molar-refractivity contribution in [2.75, 3.05) is 0 Å². The molecule has 0 aliphatic carbocycles. The Kier molecular flexibility index (Phi) is 2.22. The van der Waals surface area contributed by atoms with Crippen molar-refractivity contribution in [3.63, 3.8) is 0 Å². The van der Waals surface area contributed by atoms with E-state index in [4.69, 9.17) is 4.74 Å². The minimum atomic E-state index is 0.411. The Hall–Kier alpha value is -1.76. The predicted octanol–water partition coefficient (Wildman–Crippen LogP) is 4.56. The molecule has 0 fully saturated rings. The Bertz CT molecular complexity index is 584. The molecule has 2 aromatic rings. The summed E-state index contributed by atoms with van der Waals surface area (Å²) in [7, 11) is 0. The molecule has 86 valence electrons. The molecule has 0 bridgehead atoms. The summed E-state index contributed by atoms with van der Waals surface area (Å²) in [5, 5.41) is 0. The zero-order chi connectivity index (χ0) is 12.0. The topological polar surface area (TPSA) is 9.23 Å². The summed E-state index contributed by atoms with van der Waals surface area (Å²) < 4.78 is 6.03. The van der Waals surface area contributed by atoms with E-state index in [-0.39, 0.29) is 0 Å². The van der Waals surface area contributed by atoms with Crippen molar-refractivity contribution in [1.82, 2.24) is 0 Å². The molecule has 1 aliphatic heterocycles. The SMILES string of the molecule is Cc1cc(C)c2c(c1)C(C)c1ccccc1O2. The van der Waals surface area contributed by atoms with Gasteiger partial charge < -0.3 is 4.74 Å². The molecule has 1 aliphatic rings. The number of hydrogen-bond donors (Lipinski definition) is 0. The van der Waals surface area contributed by atoms with Crippen LogP contribution in [-0.2, 0) is 0 Å². The number of aryl methyl sites for hydroxylation is 2. The van der Waals surface area contributed by atoms with Crippen LogP contribution < -0.4 is 4.74 Å². The lowest BCUT2D eigenvalue weighted by Crippen LogP contribution is -2.08. The van der Waals surface area contributed by atoms with Crippen molar-refractivity contribution in [3.05, 3.63) is 58.7 Å². The lowest BCUT2D eigenvalue weighted by Gasteiger charge is -2.27. The summed E-state index contributed by atoms with van der Waals surface area (Å²) in [5.41, 5.74) is 5.11. The maximum Gasteiger partial charge on any atom is 0.134 e. The molecule has 0 amide bonds. The fraction of sp³-hybridized carbons (Fsp3) is 0.250. The Morgan fingerprint density at radius 3 is 2.59 bits per heavy atom. The van der Waals surface area contributed by atoms with Crippen molar-refractivity contribution in [1.29, 1.82) is 0 Å². The fourth-order valence-electron chi connectivity index (χ4n) is 2.66. The van der Waals surface area contributed by atoms with Crippen molar-refractivity contribution in [2.45, 2.75) is 26.7 Å². The quantitative estimate of drug-likeness (QED) is 0.637. The molecule has 1 nitrogen and oxygen atoms in total. The Morgan fingerprint density at radius 2 is 1.76 bits per heavy atom. The van der Waals surface area contributed by atoms with Crippen LogP contribution in [0.2, 0.25) is 0 Å². The van der Waals surface area contributed by atoms with Crippen molar-refractivity contribution in [3.8, 4) is 11.5 Å². The average Bonchev–Trinajstić information content (AvgIpc) is 2.31. The minimum absolute atomic E-state index is 0.411. The highest BCUT2D eigenvalue weighted by Crippen LogP contribution is 2.45. The van der Waals surface area contributed by atoms with E-state index in [2.05, 4.69) is 45.0 Å². The van der Waals surface area contributed by atoms with Crippen LogP contribution in [0.4, 0.5) is 0 Å². The van der Waals surface area contributed by atoms with Crippen LogP contribution >= 0.6 is 0 Å². The third-order valence-electron chi connectivity index (χ3n) is 3.51. The Balaban J connectivity index is 2.23. The summed E-state index contributed by atoms with van der Waals surface area (Å²) in [6.45, 7) is 6.51. The number of ether oxygens (including phenoxy) is 1. The first-order chi connectivity index (χ1) is 8.16. The fourth-order valence-corrected chi connectivity index (χ4v) is 2.66. The molecule has 1 heterocycles. The minimum Gasteiger partial charge on any atom is -0.456 e. The van der Waals surface area contributed by atoms with Gasteiger partial charge in [-0.3, -0.25) is 0 Å². The van der Waals surface area contributed by atoms with Crippen LogP contribution in [0.1, 0.15) is 35.1 Å². The van der Waals surface area contributed by atoms with E-state index >= 15 is 0 Å². The first-order valence-electron chi connectivity index (χ1n) is 6.04. The smallest absolute Gasteiger partial charge is 0.134 e. The monoisotopic (exact) mass is 224 g/mol. The van der Waals surface area contributed by atoms with Gasteiger partial charge in [0.2, 0.25) is 0 Å². The van der Waals surface area contributed by atoms with Gasteiger partial charge in [0.25, 0.3) is 0 Å². The van der Waals surface area contributed by atoms with Crippen molar-refractivity contribution in [2.24, 2.45) is 0 Å². The highest BCUT2D eigenvalue weighted by Gasteiger charge is 2.24. The van der Waals surface area contributed by atoms with E-state index in [0.717, 1.165) is 11.5 Å². The highest BCUT2D eigenvalue weighted by atomic mass is 16.5. The second-order valence-electron chi connectivity index (χ2n) is 4.86. The van der Waals surface area contributed by atoms with E-state index in [1.807, 2.05) is 12.1 Å². The summed E-state index contributed by atoms with van der Waals surface area (Å²) in [6, 6.07) is 12.7. The molecule has 0 N–H and O–H groups in total. The van der Waals surface area contributed by atoms with Gasteiger partial charge in [-0.05, 0) is 25.5 Å². The van der Waals surface area contributed by atoms with Gasteiger partial charge in [0.1, 0.15) is 11.5 Å². The van der Waals surface area contributed by atoms with E-state index in [1.54, 1.807) is 0 Å². The van der Waals surface area contributed by atoms with Crippen LogP contribution in [0.15, 0.2) is 36.4 Å². The van der Waals surface area contributed by atoms with E-state index in [9.17, 15) is 0 Å². The third kappa shape index (κ3) is 1.54. The average molecular weight is 224 g/mol. The summed E-state index contributed by atoms with van der Waals surface area (Å²) >= 11 is 0. The first kappa shape index (κ1) is 10.4. The highest BCUT2D eigenvalue weighted by molar-refractivity contribution is 5.56. The summed E-state index contributed by atoms with van der Waals surface area (Å²) in [6.07, 6.45) is 0. The zero-order valence-corrected chi connectivity index (χ0v) is 10.4. The largest absolute Gasteiger partial charge is 0.456 e. The Morgan fingerprint density at radius 1 is 1.00 bits per heavy atom. The molecule has 0 saturated heterocycles.